The summed E-state index contributed by atoms with van der Waals surface area (Å²) in [5.41, 5.74) is -3.18. The molecule has 1 atom stereocenters. The summed E-state index contributed by atoms with van der Waals surface area (Å²) >= 11 is 0. The molecule has 0 bridgehead atoms. The molecule has 0 fully saturated rings. The van der Waals surface area contributed by atoms with Crippen molar-refractivity contribution in [2.45, 2.75) is 68.1 Å². The number of hydrogen-bond acceptors (Lipinski definition) is 1. The molecule has 0 saturated carbocycles. The van der Waals surface area contributed by atoms with E-state index in [1.54, 1.807) is 0 Å². The summed E-state index contributed by atoms with van der Waals surface area (Å²) in [4.78, 5) is 0. The van der Waals surface area contributed by atoms with E-state index in [2.05, 4.69) is 0 Å². The van der Waals surface area contributed by atoms with Crippen LogP contribution in [0.25, 0.3) is 0 Å². The number of benzene rings is 1. The summed E-state index contributed by atoms with van der Waals surface area (Å²) in [6.07, 6.45) is -7.50. The Hall–Kier alpha value is -1.77. The van der Waals surface area contributed by atoms with Crippen LogP contribution in [0.15, 0.2) is 30.3 Å². The molecule has 0 aliphatic carbocycles. The van der Waals surface area contributed by atoms with Crippen LogP contribution in [0.3, 0.4) is 0 Å². The molecule has 185 valence electrons. The molecule has 1 rings (SSSR count). The molecule has 0 heterocycles. The highest BCUT2D eigenvalue weighted by molar-refractivity contribution is 5.25. The van der Waals surface area contributed by atoms with E-state index >= 15 is 0 Å². The molecule has 0 aliphatic rings. The number of hydrogen-bond donors (Lipinski definition) is 0. The van der Waals surface area contributed by atoms with Gasteiger partial charge in [-0.3, -0.25) is 0 Å². The monoisotopic (exact) mass is 496 g/mol. The molecule has 1 aromatic carbocycles. The molecule has 1 radical (unpaired) electrons. The first kappa shape index (κ1) is 28.3. The lowest BCUT2D eigenvalue weighted by Gasteiger charge is -2.44. The van der Waals surface area contributed by atoms with Crippen LogP contribution in [0.1, 0.15) is 32.4 Å². The zero-order valence-electron chi connectivity index (χ0n) is 16.2. The fourth-order valence-electron chi connectivity index (χ4n) is 2.47. The lowest BCUT2D eigenvalue weighted by Crippen LogP contribution is -2.71. The Labute approximate surface area is 172 Å². The Kier molecular flexibility index (Phi) is 7.00. The Morgan fingerprint density at radius 1 is 0.625 bits per heavy atom. The average Bonchev–Trinajstić information content (AvgIpc) is 2.60. The maximum absolute atomic E-state index is 14.7. The molecule has 0 aliphatic heterocycles. The van der Waals surface area contributed by atoms with E-state index in [0.717, 1.165) is 39.0 Å². The third kappa shape index (κ3) is 4.13. The van der Waals surface area contributed by atoms with Crippen LogP contribution in [0, 0.1) is 0 Å². The minimum absolute atomic E-state index is 0.548. The number of alkyl halides is 13. The molecule has 0 spiro atoms. The number of hydroxylamine groups is 2. The van der Waals surface area contributed by atoms with E-state index in [9.17, 15) is 62.3 Å². The van der Waals surface area contributed by atoms with Crippen molar-refractivity contribution in [3.63, 3.8) is 0 Å². The van der Waals surface area contributed by atoms with Crippen molar-refractivity contribution in [3.8, 4) is 0 Å². The second-order valence-corrected chi connectivity index (χ2v) is 7.73. The van der Waals surface area contributed by atoms with Gasteiger partial charge in [0.2, 0.25) is 0 Å². The highest BCUT2D eigenvalue weighted by atomic mass is 19.4. The van der Waals surface area contributed by atoms with Crippen molar-refractivity contribution >= 4 is 0 Å². The SMILES string of the molecule is CC(C)(C)N([O])C(c1ccccc1)C(F)(F)C(F)(F)C(F)(F)C(F)(F)C(F)(F)C(F)(F)F. The largest absolute Gasteiger partial charge is 0.460 e. The van der Waals surface area contributed by atoms with Crippen LogP contribution in [-0.2, 0) is 5.21 Å². The van der Waals surface area contributed by atoms with Gasteiger partial charge in [0, 0.05) is 5.54 Å². The van der Waals surface area contributed by atoms with Gasteiger partial charge in [0.25, 0.3) is 0 Å². The number of rotatable bonds is 7. The molecule has 2 nitrogen and oxygen atoms in total. The summed E-state index contributed by atoms with van der Waals surface area (Å²) in [7, 11) is 0. The molecule has 1 aromatic rings. The predicted molar refractivity (Wildman–Crippen MR) is 82.3 cm³/mol. The molecular weight excluding hydrogens is 481 g/mol. The quantitative estimate of drug-likeness (QED) is 0.297. The van der Waals surface area contributed by atoms with Crippen LogP contribution in [0.4, 0.5) is 57.1 Å². The summed E-state index contributed by atoms with van der Waals surface area (Å²) in [6, 6.07) is 0.266. The van der Waals surface area contributed by atoms with Crippen LogP contribution in [0.5, 0.6) is 0 Å². The predicted octanol–water partition coefficient (Wildman–Crippen LogP) is 6.91. The van der Waals surface area contributed by atoms with Crippen LogP contribution >= 0.6 is 0 Å². The molecule has 0 saturated heterocycles. The first-order valence-corrected chi connectivity index (χ1v) is 8.36. The minimum atomic E-state index is -8.03. The van der Waals surface area contributed by atoms with Gasteiger partial charge in [-0.1, -0.05) is 30.3 Å². The molecule has 1 unspecified atom stereocenters. The fraction of sp³-hybridized carbons (Fsp3) is 0.647. The lowest BCUT2D eigenvalue weighted by atomic mass is 9.86. The van der Waals surface area contributed by atoms with Crippen LogP contribution < -0.4 is 0 Å². The molecule has 15 heteroatoms. The normalized spacial score (nSPS) is 16.4. The van der Waals surface area contributed by atoms with Gasteiger partial charge < -0.3 is 0 Å². The molecule has 0 N–H and O–H groups in total. The minimum Gasteiger partial charge on any atom is -0.197 e. The fourth-order valence-corrected chi connectivity index (χ4v) is 2.47. The van der Waals surface area contributed by atoms with Crippen molar-refractivity contribution in [2.75, 3.05) is 0 Å². The molecular formula is C17H15F13NO. The van der Waals surface area contributed by atoms with Gasteiger partial charge in [0.15, 0.2) is 0 Å². The zero-order chi connectivity index (χ0) is 25.8. The lowest BCUT2D eigenvalue weighted by molar-refractivity contribution is -0.448. The van der Waals surface area contributed by atoms with Gasteiger partial charge in [-0.05, 0) is 26.3 Å². The van der Waals surface area contributed by atoms with E-state index in [1.807, 2.05) is 0 Å². The summed E-state index contributed by atoms with van der Waals surface area (Å²) in [6.45, 7) is 2.53. The van der Waals surface area contributed by atoms with Crippen molar-refractivity contribution in [2.24, 2.45) is 0 Å². The second-order valence-electron chi connectivity index (χ2n) is 7.73. The van der Waals surface area contributed by atoms with Gasteiger partial charge in [0.05, 0.1) is 0 Å². The van der Waals surface area contributed by atoms with Crippen molar-refractivity contribution in [3.05, 3.63) is 35.9 Å². The van der Waals surface area contributed by atoms with E-state index in [1.165, 1.54) is 0 Å². The van der Waals surface area contributed by atoms with E-state index in [-0.39, 0.29) is 0 Å². The van der Waals surface area contributed by atoms with E-state index in [4.69, 9.17) is 0 Å². The summed E-state index contributed by atoms with van der Waals surface area (Å²) in [5, 5.41) is 11.5. The number of halogens is 13. The Balaban J connectivity index is 3.79. The van der Waals surface area contributed by atoms with Crippen LogP contribution in [-0.4, -0.2) is 46.4 Å². The standard InChI is InChI=1S/C17H15F13NO/c1-11(2,3)31(32)10(9-7-5-4-6-8-9)12(18,19)13(20,21)14(22,23)15(24,25)16(26,27)17(28,29)30/h4-8,10H,1-3H3. The first-order valence-electron chi connectivity index (χ1n) is 8.36. The van der Waals surface area contributed by atoms with Crippen molar-refractivity contribution in [1.29, 1.82) is 0 Å². The van der Waals surface area contributed by atoms with Gasteiger partial charge in [-0.2, -0.15) is 57.1 Å². The molecule has 0 amide bonds. The summed E-state index contributed by atoms with van der Waals surface area (Å²) < 4.78 is 175. The number of nitrogens with zero attached hydrogens (tertiary/aromatic N) is 1. The van der Waals surface area contributed by atoms with Crippen molar-refractivity contribution in [1.82, 2.24) is 5.06 Å². The van der Waals surface area contributed by atoms with Crippen LogP contribution in [0.2, 0.25) is 0 Å². The Bertz CT molecular complexity index is 784. The Morgan fingerprint density at radius 2 is 1.00 bits per heavy atom. The third-order valence-corrected chi connectivity index (χ3v) is 4.31. The van der Waals surface area contributed by atoms with Gasteiger partial charge in [-0.25, -0.2) is 0 Å². The van der Waals surface area contributed by atoms with Crippen molar-refractivity contribution < 1.29 is 62.3 Å². The van der Waals surface area contributed by atoms with Gasteiger partial charge >= 0.3 is 35.8 Å². The highest BCUT2D eigenvalue weighted by Gasteiger charge is 2.91. The van der Waals surface area contributed by atoms with E-state index < -0.39 is 58.0 Å². The highest BCUT2D eigenvalue weighted by Crippen LogP contribution is 2.62. The topological polar surface area (TPSA) is 23.1 Å². The molecule has 32 heavy (non-hydrogen) atoms. The maximum Gasteiger partial charge on any atom is 0.460 e. The third-order valence-electron chi connectivity index (χ3n) is 4.31. The van der Waals surface area contributed by atoms with Gasteiger partial charge in [0.1, 0.15) is 6.04 Å². The first-order chi connectivity index (χ1) is 13.9. The second kappa shape index (κ2) is 7.92. The summed E-state index contributed by atoms with van der Waals surface area (Å²) in [5.74, 6) is -38.0. The molecule has 0 aromatic heterocycles. The Morgan fingerprint density at radius 3 is 1.34 bits per heavy atom. The smallest absolute Gasteiger partial charge is 0.197 e. The zero-order valence-corrected chi connectivity index (χ0v) is 16.2. The average molecular weight is 496 g/mol. The maximum atomic E-state index is 14.7. The van der Waals surface area contributed by atoms with E-state index in [0.29, 0.717) is 12.1 Å². The van der Waals surface area contributed by atoms with Gasteiger partial charge in [-0.15, -0.1) is 10.3 Å².